The summed E-state index contributed by atoms with van der Waals surface area (Å²) in [6.45, 7) is 6.05. The van der Waals surface area contributed by atoms with E-state index in [0.717, 1.165) is 28.1 Å². The van der Waals surface area contributed by atoms with Gasteiger partial charge in [0.1, 0.15) is 17.1 Å². The SMILES string of the molecule is Cc1nc2c(Cc3ccc(S(=O)(=O)N(C)C(CC(C)C)c4ccco4)cc3)nccc2[nH]1. The molecule has 168 valence electrons. The Morgan fingerprint density at radius 1 is 1.12 bits per heavy atom. The van der Waals surface area contributed by atoms with Crippen LogP contribution in [0, 0.1) is 12.8 Å². The van der Waals surface area contributed by atoms with Gasteiger partial charge in [0.05, 0.1) is 28.4 Å². The first-order valence-electron chi connectivity index (χ1n) is 10.7. The smallest absolute Gasteiger partial charge is 0.243 e. The van der Waals surface area contributed by atoms with Gasteiger partial charge in [0.25, 0.3) is 0 Å². The van der Waals surface area contributed by atoms with Crippen molar-refractivity contribution in [3.63, 3.8) is 0 Å². The van der Waals surface area contributed by atoms with Crippen molar-refractivity contribution < 1.29 is 12.8 Å². The molecule has 1 unspecified atom stereocenters. The van der Waals surface area contributed by atoms with Crippen molar-refractivity contribution in [3.05, 3.63) is 77.8 Å². The quantitative estimate of drug-likeness (QED) is 0.412. The Kier molecular flexibility index (Phi) is 6.17. The number of H-pyrrole nitrogens is 1. The summed E-state index contributed by atoms with van der Waals surface area (Å²) in [5, 5.41) is 0. The molecule has 4 rings (SSSR count). The van der Waals surface area contributed by atoms with Crippen LogP contribution < -0.4 is 0 Å². The lowest BCUT2D eigenvalue weighted by atomic mass is 10.0. The molecule has 4 aromatic rings. The number of nitrogens with one attached hydrogen (secondary N) is 1. The third-order valence-corrected chi connectivity index (χ3v) is 7.45. The number of nitrogens with zero attached hydrogens (tertiary/aromatic N) is 3. The van der Waals surface area contributed by atoms with E-state index in [-0.39, 0.29) is 10.9 Å². The highest BCUT2D eigenvalue weighted by atomic mass is 32.2. The summed E-state index contributed by atoms with van der Waals surface area (Å²) < 4.78 is 33.7. The number of sulfonamides is 1. The molecule has 0 fully saturated rings. The molecule has 3 aromatic heterocycles. The molecule has 0 bridgehead atoms. The molecule has 1 aromatic carbocycles. The van der Waals surface area contributed by atoms with Gasteiger partial charge in [0.2, 0.25) is 10.0 Å². The van der Waals surface area contributed by atoms with Crippen LogP contribution in [0.1, 0.15) is 49.2 Å². The van der Waals surface area contributed by atoms with Gasteiger partial charge in [-0.05, 0) is 55.2 Å². The van der Waals surface area contributed by atoms with Gasteiger partial charge >= 0.3 is 0 Å². The number of pyridine rings is 1. The van der Waals surface area contributed by atoms with Crippen LogP contribution in [0.15, 0.2) is 64.2 Å². The van der Waals surface area contributed by atoms with Crippen LogP contribution in [-0.2, 0) is 16.4 Å². The summed E-state index contributed by atoms with van der Waals surface area (Å²) in [6, 6.07) is 12.1. The first kappa shape index (κ1) is 22.2. The number of furan rings is 1. The molecule has 0 saturated heterocycles. The maximum Gasteiger partial charge on any atom is 0.243 e. The zero-order valence-corrected chi connectivity index (χ0v) is 19.6. The van der Waals surface area contributed by atoms with Crippen molar-refractivity contribution in [3.8, 4) is 0 Å². The Balaban J connectivity index is 1.58. The van der Waals surface area contributed by atoms with Gasteiger partial charge in [0, 0.05) is 19.7 Å². The number of hydrogen-bond donors (Lipinski definition) is 1. The summed E-state index contributed by atoms with van der Waals surface area (Å²) >= 11 is 0. The number of rotatable bonds is 8. The molecule has 0 saturated carbocycles. The normalized spacial score (nSPS) is 13.3. The van der Waals surface area contributed by atoms with Gasteiger partial charge in [-0.3, -0.25) is 4.98 Å². The Hall–Kier alpha value is -2.97. The molecular formula is C24H28N4O3S. The molecule has 1 N–H and O–H groups in total. The Morgan fingerprint density at radius 3 is 2.53 bits per heavy atom. The van der Waals surface area contributed by atoms with Crippen molar-refractivity contribution in [2.45, 2.75) is 44.6 Å². The predicted octanol–water partition coefficient (Wildman–Crippen LogP) is 4.86. The number of aryl methyl sites for hydroxylation is 1. The molecule has 7 nitrogen and oxygen atoms in total. The van der Waals surface area contributed by atoms with Crippen LogP contribution in [0.2, 0.25) is 0 Å². The second-order valence-electron chi connectivity index (χ2n) is 8.48. The molecule has 3 heterocycles. The zero-order valence-electron chi connectivity index (χ0n) is 18.7. The second-order valence-corrected chi connectivity index (χ2v) is 10.5. The van der Waals surface area contributed by atoms with Crippen LogP contribution in [0.3, 0.4) is 0 Å². The van der Waals surface area contributed by atoms with Gasteiger partial charge in [0.15, 0.2) is 0 Å². The third kappa shape index (κ3) is 4.47. The van der Waals surface area contributed by atoms with E-state index in [1.807, 2.05) is 31.2 Å². The van der Waals surface area contributed by atoms with Gasteiger partial charge in [-0.25, -0.2) is 13.4 Å². The molecule has 0 aliphatic heterocycles. The van der Waals surface area contributed by atoms with Crippen molar-refractivity contribution in [1.29, 1.82) is 0 Å². The van der Waals surface area contributed by atoms with Gasteiger partial charge in [-0.15, -0.1) is 0 Å². The molecule has 8 heteroatoms. The number of fused-ring (bicyclic) bond motifs is 1. The van der Waals surface area contributed by atoms with Crippen LogP contribution in [0.25, 0.3) is 11.0 Å². The first-order chi connectivity index (χ1) is 15.3. The highest BCUT2D eigenvalue weighted by Crippen LogP contribution is 2.32. The van der Waals surface area contributed by atoms with Gasteiger partial charge in [-0.1, -0.05) is 26.0 Å². The monoisotopic (exact) mass is 452 g/mol. The highest BCUT2D eigenvalue weighted by Gasteiger charge is 2.31. The van der Waals surface area contributed by atoms with Crippen LogP contribution >= 0.6 is 0 Å². The van der Waals surface area contributed by atoms with Crippen LogP contribution in [0.4, 0.5) is 0 Å². The van der Waals surface area contributed by atoms with E-state index in [0.29, 0.717) is 24.5 Å². The summed E-state index contributed by atoms with van der Waals surface area (Å²) in [5.74, 6) is 1.80. The van der Waals surface area contributed by atoms with Crippen LogP contribution in [-0.4, -0.2) is 34.7 Å². The average molecular weight is 453 g/mol. The van der Waals surface area contributed by atoms with E-state index in [9.17, 15) is 8.42 Å². The van der Waals surface area contributed by atoms with E-state index < -0.39 is 10.0 Å². The average Bonchev–Trinajstić information content (AvgIpc) is 3.41. The number of hydrogen-bond acceptors (Lipinski definition) is 5. The lowest BCUT2D eigenvalue weighted by Crippen LogP contribution is -2.32. The minimum Gasteiger partial charge on any atom is -0.468 e. The molecule has 32 heavy (non-hydrogen) atoms. The van der Waals surface area contributed by atoms with Crippen LogP contribution in [0.5, 0.6) is 0 Å². The van der Waals surface area contributed by atoms with E-state index in [1.165, 1.54) is 4.31 Å². The van der Waals surface area contributed by atoms with Gasteiger partial charge < -0.3 is 9.40 Å². The third-order valence-electron chi connectivity index (χ3n) is 5.57. The maximum atomic E-state index is 13.4. The fraction of sp³-hybridized carbons (Fsp3) is 0.333. The fourth-order valence-corrected chi connectivity index (χ4v) is 5.26. The number of benzene rings is 1. The molecule has 0 spiro atoms. The van der Waals surface area contributed by atoms with Crippen molar-refractivity contribution in [1.82, 2.24) is 19.3 Å². The number of imidazole rings is 1. The van der Waals surface area contributed by atoms with E-state index in [4.69, 9.17) is 4.42 Å². The molecule has 0 radical (unpaired) electrons. The van der Waals surface area contributed by atoms with Crippen molar-refractivity contribution in [2.75, 3.05) is 7.05 Å². The summed E-state index contributed by atoms with van der Waals surface area (Å²) in [4.78, 5) is 12.5. The molecule has 0 aliphatic rings. The second kappa shape index (κ2) is 8.88. The van der Waals surface area contributed by atoms with E-state index in [1.54, 1.807) is 37.7 Å². The van der Waals surface area contributed by atoms with Crippen molar-refractivity contribution >= 4 is 21.1 Å². The minimum absolute atomic E-state index is 0.255. The maximum absolute atomic E-state index is 13.4. The largest absolute Gasteiger partial charge is 0.468 e. The summed E-state index contributed by atoms with van der Waals surface area (Å²) in [7, 11) is -2.08. The van der Waals surface area contributed by atoms with Crippen molar-refractivity contribution in [2.24, 2.45) is 5.92 Å². The Morgan fingerprint density at radius 2 is 1.88 bits per heavy atom. The topological polar surface area (TPSA) is 92.1 Å². The minimum atomic E-state index is -3.69. The Labute approximate surface area is 188 Å². The van der Waals surface area contributed by atoms with Gasteiger partial charge in [-0.2, -0.15) is 4.31 Å². The predicted molar refractivity (Wildman–Crippen MR) is 124 cm³/mol. The molecule has 1 atom stereocenters. The number of aromatic amines is 1. The Bertz CT molecular complexity index is 1290. The lowest BCUT2D eigenvalue weighted by Gasteiger charge is -2.27. The standard InChI is InChI=1S/C24H28N4O3S/c1-16(2)14-22(23-6-5-13-31-23)28(4)32(29,30)19-9-7-18(8-10-19)15-21-24-20(11-12-25-21)26-17(3)27-24/h5-13,16,22H,14-15H2,1-4H3,(H,26,27). The summed E-state index contributed by atoms with van der Waals surface area (Å²) in [6.07, 6.45) is 4.57. The highest BCUT2D eigenvalue weighted by molar-refractivity contribution is 7.89. The fourth-order valence-electron chi connectivity index (χ4n) is 3.92. The lowest BCUT2D eigenvalue weighted by molar-refractivity contribution is 0.280. The summed E-state index contributed by atoms with van der Waals surface area (Å²) in [5.41, 5.74) is 3.62. The number of aromatic nitrogens is 3. The molecular weight excluding hydrogens is 424 g/mol. The molecule has 0 amide bonds. The zero-order chi connectivity index (χ0) is 22.9. The van der Waals surface area contributed by atoms with E-state index >= 15 is 0 Å². The van der Waals surface area contributed by atoms with E-state index in [2.05, 4.69) is 28.8 Å². The first-order valence-corrected chi connectivity index (χ1v) is 12.1. The molecule has 0 aliphatic carbocycles.